The van der Waals surface area contributed by atoms with Crippen LogP contribution in [0.4, 0.5) is 9.18 Å². The van der Waals surface area contributed by atoms with Crippen molar-refractivity contribution in [1.29, 1.82) is 0 Å². The maximum Gasteiger partial charge on any atom is 0.410 e. The molecule has 1 aromatic heterocycles. The molecule has 0 radical (unpaired) electrons. The van der Waals surface area contributed by atoms with Crippen molar-refractivity contribution in [2.75, 3.05) is 13.1 Å². The van der Waals surface area contributed by atoms with Crippen molar-refractivity contribution in [3.8, 4) is 0 Å². The number of amides is 1. The lowest BCUT2D eigenvalue weighted by atomic mass is 9.92. The molecule has 4 rings (SSSR count). The molecular formula is C24H28FN3O4S. The number of ether oxygens (including phenoxy) is 1. The maximum absolute atomic E-state index is 14.1. The van der Waals surface area contributed by atoms with Crippen LogP contribution in [-0.4, -0.2) is 47.3 Å². The highest BCUT2D eigenvalue weighted by Crippen LogP contribution is 2.34. The highest BCUT2D eigenvalue weighted by Gasteiger charge is 2.31. The van der Waals surface area contributed by atoms with Crippen molar-refractivity contribution in [1.82, 2.24) is 14.1 Å². The van der Waals surface area contributed by atoms with E-state index in [4.69, 9.17) is 4.74 Å². The molecule has 0 unspecified atom stereocenters. The van der Waals surface area contributed by atoms with E-state index in [1.54, 1.807) is 29.2 Å². The number of fused-ring (bicyclic) bond motifs is 1. The van der Waals surface area contributed by atoms with E-state index >= 15 is 0 Å². The summed E-state index contributed by atoms with van der Waals surface area (Å²) in [4.78, 5) is 14.1. The topological polar surface area (TPSA) is 81.5 Å². The fourth-order valence-corrected chi connectivity index (χ4v) is 5.34. The Morgan fingerprint density at radius 3 is 2.33 bits per heavy atom. The number of carbonyl (C=O) groups excluding carboxylic acids is 1. The summed E-state index contributed by atoms with van der Waals surface area (Å²) in [6.45, 7) is 8.24. The highest BCUT2D eigenvalue weighted by atomic mass is 32.2. The number of carbonyl (C=O) groups is 1. The smallest absolute Gasteiger partial charge is 0.410 e. The lowest BCUT2D eigenvalue weighted by Gasteiger charge is -2.33. The third kappa shape index (κ3) is 4.73. The first kappa shape index (κ1) is 23.2. The van der Waals surface area contributed by atoms with Crippen LogP contribution in [0.5, 0.6) is 0 Å². The van der Waals surface area contributed by atoms with Gasteiger partial charge in [0.1, 0.15) is 11.4 Å². The maximum atomic E-state index is 14.1. The number of rotatable bonds is 3. The lowest BCUT2D eigenvalue weighted by molar-refractivity contribution is 0.0204. The summed E-state index contributed by atoms with van der Waals surface area (Å²) in [5.41, 5.74) is 1.23. The highest BCUT2D eigenvalue weighted by molar-refractivity contribution is 7.90. The summed E-state index contributed by atoms with van der Waals surface area (Å²) >= 11 is 0. The number of aryl methyl sites for hydroxylation is 1. The molecule has 0 saturated carbocycles. The number of benzene rings is 2. The molecule has 2 heterocycles. The third-order valence-corrected chi connectivity index (χ3v) is 7.32. The van der Waals surface area contributed by atoms with Gasteiger partial charge >= 0.3 is 6.09 Å². The van der Waals surface area contributed by atoms with Gasteiger partial charge in [-0.2, -0.15) is 17.6 Å². The van der Waals surface area contributed by atoms with Crippen molar-refractivity contribution in [3.63, 3.8) is 0 Å². The molecule has 1 aliphatic heterocycles. The van der Waals surface area contributed by atoms with Crippen LogP contribution in [-0.2, 0) is 14.8 Å². The van der Waals surface area contributed by atoms with Gasteiger partial charge in [0.15, 0.2) is 0 Å². The minimum absolute atomic E-state index is 0.109. The van der Waals surface area contributed by atoms with Crippen LogP contribution in [0.3, 0.4) is 0 Å². The summed E-state index contributed by atoms with van der Waals surface area (Å²) in [5.74, 6) is -0.565. The Balaban J connectivity index is 1.67. The van der Waals surface area contributed by atoms with Crippen molar-refractivity contribution >= 4 is 27.0 Å². The molecule has 0 bridgehead atoms. The van der Waals surface area contributed by atoms with Crippen LogP contribution in [0.2, 0.25) is 0 Å². The van der Waals surface area contributed by atoms with Crippen LogP contribution >= 0.6 is 0 Å². The number of nitrogens with zero attached hydrogens (tertiary/aromatic N) is 3. The number of likely N-dealkylation sites (tertiary alicyclic amines) is 1. The Kier molecular flexibility index (Phi) is 5.94. The molecule has 3 aromatic rings. The van der Waals surface area contributed by atoms with Crippen LogP contribution < -0.4 is 0 Å². The SMILES string of the molecule is Cc1ccc(S(=O)(=O)n2nc(C3CCN(C(=O)OC(C)(C)C)CC3)c3cc(F)ccc32)cc1. The van der Waals surface area contributed by atoms with E-state index in [1.807, 2.05) is 27.7 Å². The molecular weight excluding hydrogens is 445 g/mol. The second kappa shape index (κ2) is 8.44. The van der Waals surface area contributed by atoms with E-state index in [0.29, 0.717) is 42.5 Å². The first-order chi connectivity index (χ1) is 15.5. The average Bonchev–Trinajstić information content (AvgIpc) is 3.12. The minimum atomic E-state index is -3.96. The van der Waals surface area contributed by atoms with Crippen LogP contribution in [0.15, 0.2) is 47.4 Å². The Labute approximate surface area is 193 Å². The Morgan fingerprint density at radius 1 is 1.09 bits per heavy atom. The number of aromatic nitrogens is 2. The molecule has 0 aliphatic carbocycles. The third-order valence-electron chi connectivity index (χ3n) is 5.72. The standard InChI is InChI=1S/C24H28FN3O4S/c1-16-5-8-19(9-6-16)33(30,31)28-21-10-7-18(25)15-20(21)22(26-28)17-11-13-27(14-12-17)23(29)32-24(2,3)4/h5-10,15,17H,11-14H2,1-4H3. The Hall–Kier alpha value is -2.94. The fraction of sp³-hybridized carbons (Fsp3) is 0.417. The predicted octanol–water partition coefficient (Wildman–Crippen LogP) is 4.84. The molecule has 9 heteroatoms. The monoisotopic (exact) mass is 473 g/mol. The van der Waals surface area contributed by atoms with E-state index in [2.05, 4.69) is 5.10 Å². The van der Waals surface area contributed by atoms with Gasteiger partial charge in [-0.25, -0.2) is 9.18 Å². The number of piperidine rings is 1. The van der Waals surface area contributed by atoms with Crippen molar-refractivity contribution in [2.45, 2.75) is 57.0 Å². The summed E-state index contributed by atoms with van der Waals surface area (Å²) in [7, 11) is -3.96. The van der Waals surface area contributed by atoms with Crippen LogP contribution in [0.1, 0.15) is 50.8 Å². The fourth-order valence-electron chi connectivity index (χ4n) is 4.04. The summed E-state index contributed by atoms with van der Waals surface area (Å²) in [5, 5.41) is 4.95. The van der Waals surface area contributed by atoms with Gasteiger partial charge in [-0.1, -0.05) is 17.7 Å². The molecule has 7 nitrogen and oxygen atoms in total. The number of halogens is 1. The van der Waals surface area contributed by atoms with Crippen LogP contribution in [0.25, 0.3) is 10.9 Å². The second-order valence-electron chi connectivity index (χ2n) is 9.45. The summed E-state index contributed by atoms with van der Waals surface area (Å²) < 4.78 is 47.3. The Bertz CT molecular complexity index is 1290. The number of hydrogen-bond acceptors (Lipinski definition) is 5. The molecule has 33 heavy (non-hydrogen) atoms. The van der Waals surface area contributed by atoms with E-state index in [-0.39, 0.29) is 16.9 Å². The summed E-state index contributed by atoms with van der Waals surface area (Å²) in [6, 6.07) is 10.6. The minimum Gasteiger partial charge on any atom is -0.444 e. The van der Waals surface area contributed by atoms with Crippen LogP contribution in [0, 0.1) is 12.7 Å². The molecule has 1 fully saturated rings. The average molecular weight is 474 g/mol. The van der Waals surface area contributed by atoms with Gasteiger partial charge < -0.3 is 9.64 Å². The molecule has 0 spiro atoms. The van der Waals surface area contributed by atoms with Crippen molar-refractivity contribution < 1.29 is 22.3 Å². The predicted molar refractivity (Wildman–Crippen MR) is 123 cm³/mol. The molecule has 176 valence electrons. The second-order valence-corrected chi connectivity index (χ2v) is 11.2. The van der Waals surface area contributed by atoms with Gasteiger partial charge in [0, 0.05) is 24.4 Å². The van der Waals surface area contributed by atoms with E-state index in [1.165, 1.54) is 18.2 Å². The zero-order chi connectivity index (χ0) is 24.0. The quantitative estimate of drug-likeness (QED) is 0.544. The van der Waals surface area contributed by atoms with Gasteiger partial charge in [0.25, 0.3) is 10.0 Å². The van der Waals surface area contributed by atoms with Gasteiger partial charge in [0.2, 0.25) is 0 Å². The molecule has 1 saturated heterocycles. The lowest BCUT2D eigenvalue weighted by Crippen LogP contribution is -2.41. The molecule has 2 aromatic carbocycles. The van der Waals surface area contributed by atoms with Crippen molar-refractivity contribution in [2.24, 2.45) is 0 Å². The zero-order valence-corrected chi connectivity index (χ0v) is 20.0. The summed E-state index contributed by atoms with van der Waals surface area (Å²) in [6.07, 6.45) is 0.781. The largest absolute Gasteiger partial charge is 0.444 e. The van der Waals surface area contributed by atoms with Gasteiger partial charge in [-0.05, 0) is 70.9 Å². The van der Waals surface area contributed by atoms with E-state index in [9.17, 15) is 17.6 Å². The normalized spacial score (nSPS) is 15.7. The van der Waals surface area contributed by atoms with E-state index < -0.39 is 21.4 Å². The molecule has 1 aliphatic rings. The van der Waals surface area contributed by atoms with Gasteiger partial charge in [-0.15, -0.1) is 0 Å². The van der Waals surface area contributed by atoms with Crippen molar-refractivity contribution in [3.05, 3.63) is 59.5 Å². The molecule has 0 N–H and O–H groups in total. The van der Waals surface area contributed by atoms with Gasteiger partial charge in [-0.3, -0.25) is 0 Å². The number of hydrogen-bond donors (Lipinski definition) is 0. The first-order valence-corrected chi connectivity index (χ1v) is 12.4. The molecule has 0 atom stereocenters. The first-order valence-electron chi connectivity index (χ1n) is 10.9. The van der Waals surface area contributed by atoms with E-state index in [0.717, 1.165) is 9.65 Å². The van der Waals surface area contributed by atoms with Gasteiger partial charge in [0.05, 0.1) is 16.1 Å². The molecule has 1 amide bonds. The zero-order valence-electron chi connectivity index (χ0n) is 19.2. The Morgan fingerprint density at radius 2 is 1.73 bits per heavy atom.